The summed E-state index contributed by atoms with van der Waals surface area (Å²) in [7, 11) is 0. The summed E-state index contributed by atoms with van der Waals surface area (Å²) in [4.78, 5) is 14.9. The Bertz CT molecular complexity index is 394. The lowest BCUT2D eigenvalue weighted by molar-refractivity contribution is -0.0797. The molecule has 14 heavy (non-hydrogen) atoms. The molecule has 0 aliphatic rings. The monoisotopic (exact) mass is 213 g/mol. The Hall–Kier alpha value is -1.73. The summed E-state index contributed by atoms with van der Waals surface area (Å²) in [6.07, 6.45) is 0. The highest BCUT2D eigenvalue weighted by molar-refractivity contribution is 5.89. The Labute approximate surface area is 73.0 Å². The molecule has 0 amide bonds. The minimum absolute atomic E-state index is 1.73. The molecule has 1 rings (SSSR count). The molecular formula is C6F5NO2. The van der Waals surface area contributed by atoms with E-state index in [0.717, 1.165) is 0 Å². The van der Waals surface area contributed by atoms with E-state index in [1.54, 1.807) is 0 Å². The predicted octanol–water partition coefficient (Wildman–Crippen LogP) is 1.68. The summed E-state index contributed by atoms with van der Waals surface area (Å²) in [5, 5.41) is 0. The summed E-state index contributed by atoms with van der Waals surface area (Å²) in [6, 6.07) is 0. The third kappa shape index (κ3) is 1.50. The van der Waals surface area contributed by atoms with Gasteiger partial charge in [0.1, 0.15) is 0 Å². The number of pyridine rings is 1. The molecule has 0 bridgehead atoms. The second-order valence-corrected chi connectivity index (χ2v) is 2.06. The van der Waals surface area contributed by atoms with Gasteiger partial charge in [-0.1, -0.05) is 0 Å². The fraction of sp³-hybridized carbons (Fsp3) is 0. The van der Waals surface area contributed by atoms with Crippen molar-refractivity contribution in [2.75, 3.05) is 0 Å². The molecule has 1 heterocycles. The van der Waals surface area contributed by atoms with E-state index in [9.17, 15) is 26.9 Å². The Morgan fingerprint density at radius 2 is 1.64 bits per heavy atom. The molecule has 0 saturated carbocycles. The third-order valence-electron chi connectivity index (χ3n) is 1.27. The predicted molar refractivity (Wildman–Crippen MR) is 30.6 cm³/mol. The average Bonchev–Trinajstić information content (AvgIpc) is 2.14. The molecule has 0 N–H and O–H groups in total. The van der Waals surface area contributed by atoms with E-state index in [2.05, 4.69) is 9.93 Å². The van der Waals surface area contributed by atoms with Crippen LogP contribution in [0.1, 0.15) is 10.4 Å². The number of carbonyl (C=O) groups is 1. The van der Waals surface area contributed by atoms with Gasteiger partial charge in [-0.3, -0.25) is 0 Å². The summed E-state index contributed by atoms with van der Waals surface area (Å²) in [5.41, 5.74) is -1.73. The summed E-state index contributed by atoms with van der Waals surface area (Å²) < 4.78 is 60.9. The zero-order valence-electron chi connectivity index (χ0n) is 6.15. The van der Waals surface area contributed by atoms with E-state index in [0.29, 0.717) is 0 Å². The van der Waals surface area contributed by atoms with Crippen molar-refractivity contribution in [3.63, 3.8) is 0 Å². The lowest BCUT2D eigenvalue weighted by Gasteiger charge is -2.00. The van der Waals surface area contributed by atoms with Gasteiger partial charge >= 0.3 is 5.97 Å². The van der Waals surface area contributed by atoms with E-state index in [1.807, 2.05) is 0 Å². The summed E-state index contributed by atoms with van der Waals surface area (Å²) in [6.45, 7) is 0. The first-order chi connectivity index (χ1) is 6.49. The van der Waals surface area contributed by atoms with Crippen LogP contribution in [-0.4, -0.2) is 11.0 Å². The zero-order valence-corrected chi connectivity index (χ0v) is 6.15. The first-order valence-electron chi connectivity index (χ1n) is 3.02. The van der Waals surface area contributed by atoms with Crippen molar-refractivity contribution in [2.45, 2.75) is 0 Å². The zero-order chi connectivity index (χ0) is 10.9. The number of aromatic nitrogens is 1. The molecule has 0 radical (unpaired) electrons. The largest absolute Gasteiger partial charge is 0.387 e. The van der Waals surface area contributed by atoms with Crippen LogP contribution in [0.25, 0.3) is 0 Å². The molecule has 0 atom stereocenters. The second kappa shape index (κ2) is 3.56. The van der Waals surface area contributed by atoms with Crippen molar-refractivity contribution in [2.24, 2.45) is 0 Å². The van der Waals surface area contributed by atoms with Gasteiger partial charge in [0.2, 0.25) is 11.8 Å². The maximum atomic E-state index is 12.6. The fourth-order valence-electron chi connectivity index (χ4n) is 0.694. The molecule has 1 aromatic heterocycles. The van der Waals surface area contributed by atoms with Crippen molar-refractivity contribution in [1.29, 1.82) is 0 Å². The van der Waals surface area contributed by atoms with E-state index in [-0.39, 0.29) is 0 Å². The lowest BCUT2D eigenvalue weighted by atomic mass is 10.2. The van der Waals surface area contributed by atoms with Gasteiger partial charge in [-0.15, -0.1) is 0 Å². The van der Waals surface area contributed by atoms with Gasteiger partial charge in [0.05, 0.1) is 0 Å². The molecule has 3 nitrogen and oxygen atoms in total. The molecule has 76 valence electrons. The van der Waals surface area contributed by atoms with E-state index in [1.165, 1.54) is 0 Å². The van der Waals surface area contributed by atoms with Gasteiger partial charge in [0, 0.05) is 4.53 Å². The van der Waals surface area contributed by atoms with Crippen molar-refractivity contribution in [3.8, 4) is 0 Å². The minimum Gasteiger partial charge on any atom is -0.249 e. The standard InChI is InChI=1S/C6F5NO2/c7-2-1(6(13)14-11)4(9)12-5(10)3(2)8. The molecule has 0 aliphatic carbocycles. The Balaban J connectivity index is 3.44. The van der Waals surface area contributed by atoms with Gasteiger partial charge in [0.25, 0.3) is 5.95 Å². The van der Waals surface area contributed by atoms with Gasteiger partial charge < -0.3 is 0 Å². The Morgan fingerprint density at radius 1 is 1.07 bits per heavy atom. The number of carbonyl (C=O) groups excluding carboxylic acids is 1. The highest BCUT2D eigenvalue weighted by Gasteiger charge is 2.27. The summed E-state index contributed by atoms with van der Waals surface area (Å²) >= 11 is 0. The van der Waals surface area contributed by atoms with Crippen LogP contribution >= 0.6 is 0 Å². The molecule has 1 aromatic rings. The van der Waals surface area contributed by atoms with Gasteiger partial charge in [0.15, 0.2) is 11.4 Å². The number of hydrogen-bond acceptors (Lipinski definition) is 3. The lowest BCUT2D eigenvalue weighted by Crippen LogP contribution is -2.12. The van der Waals surface area contributed by atoms with Crippen LogP contribution in [0.2, 0.25) is 0 Å². The maximum absolute atomic E-state index is 12.6. The molecule has 0 spiro atoms. The van der Waals surface area contributed by atoms with Crippen molar-refractivity contribution in [1.82, 2.24) is 4.98 Å². The second-order valence-electron chi connectivity index (χ2n) is 2.06. The molecular weight excluding hydrogens is 213 g/mol. The van der Waals surface area contributed by atoms with Crippen LogP contribution in [0.5, 0.6) is 0 Å². The highest BCUT2D eigenvalue weighted by Crippen LogP contribution is 2.17. The first-order valence-corrected chi connectivity index (χ1v) is 3.02. The van der Waals surface area contributed by atoms with Gasteiger partial charge in [-0.2, -0.15) is 18.2 Å². The quantitative estimate of drug-likeness (QED) is 0.526. The topological polar surface area (TPSA) is 39.2 Å². The first kappa shape index (κ1) is 10.4. The number of rotatable bonds is 1. The molecule has 0 saturated heterocycles. The number of halogens is 5. The van der Waals surface area contributed by atoms with Crippen molar-refractivity contribution < 1.29 is 31.8 Å². The Morgan fingerprint density at radius 3 is 2.14 bits per heavy atom. The SMILES string of the molecule is O=C(OF)c1c(F)nc(F)c(F)c1F. The van der Waals surface area contributed by atoms with Gasteiger partial charge in [-0.05, 0) is 0 Å². The van der Waals surface area contributed by atoms with E-state index >= 15 is 0 Å². The molecule has 8 heteroatoms. The van der Waals surface area contributed by atoms with Crippen LogP contribution in [0.3, 0.4) is 0 Å². The van der Waals surface area contributed by atoms with Gasteiger partial charge in [-0.25, -0.2) is 14.1 Å². The maximum Gasteiger partial charge on any atom is 0.387 e. The van der Waals surface area contributed by atoms with Crippen LogP contribution in [0.15, 0.2) is 0 Å². The third-order valence-corrected chi connectivity index (χ3v) is 1.27. The highest BCUT2D eigenvalue weighted by atomic mass is 19.3. The molecule has 0 aliphatic heterocycles. The van der Waals surface area contributed by atoms with Crippen molar-refractivity contribution >= 4 is 5.97 Å². The van der Waals surface area contributed by atoms with E-state index < -0.39 is 35.1 Å². The van der Waals surface area contributed by atoms with Crippen molar-refractivity contribution in [3.05, 3.63) is 29.1 Å². The van der Waals surface area contributed by atoms with Crippen LogP contribution in [0.4, 0.5) is 22.1 Å². The summed E-state index contributed by atoms with van der Waals surface area (Å²) in [5.74, 6) is -10.6. The molecule has 0 unspecified atom stereocenters. The smallest absolute Gasteiger partial charge is 0.249 e. The molecule has 0 aromatic carbocycles. The van der Waals surface area contributed by atoms with Crippen LogP contribution in [-0.2, 0) is 4.94 Å². The Kier molecular flexibility index (Phi) is 2.63. The van der Waals surface area contributed by atoms with Crippen LogP contribution in [0, 0.1) is 23.5 Å². The normalized spacial score (nSPS) is 10.1. The minimum atomic E-state index is -2.20. The average molecular weight is 213 g/mol. The van der Waals surface area contributed by atoms with E-state index in [4.69, 9.17) is 0 Å². The number of hydrogen-bond donors (Lipinski definition) is 0. The number of nitrogens with zero attached hydrogens (tertiary/aromatic N) is 1. The van der Waals surface area contributed by atoms with Crippen LogP contribution < -0.4 is 0 Å². The molecule has 0 fully saturated rings. The fourth-order valence-corrected chi connectivity index (χ4v) is 0.694.